The second-order valence-corrected chi connectivity index (χ2v) is 12.6. The van der Waals surface area contributed by atoms with E-state index in [2.05, 4.69) is 159 Å². The fraction of sp³-hybridized carbons (Fsp3) is 0. The van der Waals surface area contributed by atoms with Gasteiger partial charge in [0.2, 0.25) is 0 Å². The van der Waals surface area contributed by atoms with Gasteiger partial charge in [0, 0.05) is 20.2 Å². The zero-order chi connectivity index (χ0) is 30.8. The molecular weight excluding hydrogens is 601 g/mol. The molecule has 0 N–H and O–H groups in total. The standard InChI is InChI=1S/C42H28S3/c43-40-16-4-13-34(25-40)28-7-1-10-31(19-28)37-22-38(32-11-2-8-29(20-32)35-14-5-17-41(44)26-35)24-39(23-37)33-12-3-9-30(21-33)36-15-6-18-42(45)27-36/h1-2,4-11,13-27,43-45H. The molecule has 0 aromatic heterocycles. The van der Waals surface area contributed by atoms with Crippen LogP contribution in [-0.4, -0.2) is 0 Å². The van der Waals surface area contributed by atoms with Gasteiger partial charge in [-0.1, -0.05) is 84.9 Å². The van der Waals surface area contributed by atoms with Gasteiger partial charge in [-0.05, 0) is 140 Å². The Morgan fingerprint density at radius 3 is 1.09 bits per heavy atom. The van der Waals surface area contributed by atoms with Crippen molar-refractivity contribution in [1.29, 1.82) is 0 Å². The van der Waals surface area contributed by atoms with E-state index in [-0.39, 0.29) is 0 Å². The SMILES string of the molecule is Sc1cccc(-c2cc#cc(-c3cc(-c4cccc(-c5cccc(S)c5)c4)cc(-c4cccc(-c5cccc(S)c5)c4)c3)c2)c1. The zero-order valence-electron chi connectivity index (χ0n) is 24.3. The molecule has 0 aliphatic rings. The minimum Gasteiger partial charge on any atom is -0.143 e. The lowest BCUT2D eigenvalue weighted by Gasteiger charge is -2.13. The summed E-state index contributed by atoms with van der Waals surface area (Å²) in [7, 11) is 0. The Morgan fingerprint density at radius 1 is 0.311 bits per heavy atom. The van der Waals surface area contributed by atoms with Crippen molar-refractivity contribution in [2.45, 2.75) is 14.7 Å². The molecule has 0 amide bonds. The molecule has 7 aromatic carbocycles. The summed E-state index contributed by atoms with van der Waals surface area (Å²) in [6.07, 6.45) is 0. The van der Waals surface area contributed by atoms with Crippen molar-refractivity contribution in [3.05, 3.63) is 164 Å². The van der Waals surface area contributed by atoms with Gasteiger partial charge in [-0.3, -0.25) is 0 Å². The van der Waals surface area contributed by atoms with E-state index in [0.717, 1.165) is 81.4 Å². The van der Waals surface area contributed by atoms with E-state index in [4.69, 9.17) is 0 Å². The molecule has 45 heavy (non-hydrogen) atoms. The Hall–Kier alpha value is -4.59. The lowest BCUT2D eigenvalue weighted by atomic mass is 9.91. The van der Waals surface area contributed by atoms with E-state index in [0.29, 0.717) is 0 Å². The van der Waals surface area contributed by atoms with E-state index >= 15 is 0 Å². The number of hydrogen-bond donors (Lipinski definition) is 3. The molecule has 7 rings (SSSR count). The van der Waals surface area contributed by atoms with Crippen LogP contribution in [0.15, 0.2) is 166 Å². The largest absolute Gasteiger partial charge is 0.143 e. The third-order valence-corrected chi connectivity index (χ3v) is 8.74. The van der Waals surface area contributed by atoms with Crippen molar-refractivity contribution in [2.75, 3.05) is 0 Å². The van der Waals surface area contributed by atoms with Crippen molar-refractivity contribution in [3.8, 4) is 66.8 Å². The Balaban J connectivity index is 1.38. The molecule has 7 aromatic rings. The predicted octanol–water partition coefficient (Wildman–Crippen LogP) is 12.2. The highest BCUT2D eigenvalue weighted by Crippen LogP contribution is 2.36. The second-order valence-electron chi connectivity index (χ2n) is 11.0. The summed E-state index contributed by atoms with van der Waals surface area (Å²) < 4.78 is 0. The highest BCUT2D eigenvalue weighted by atomic mass is 32.1. The van der Waals surface area contributed by atoms with Crippen LogP contribution in [0.2, 0.25) is 0 Å². The maximum Gasteiger partial charge on any atom is 0.0328 e. The average molecular weight is 629 g/mol. The van der Waals surface area contributed by atoms with Crippen LogP contribution in [0.4, 0.5) is 0 Å². The summed E-state index contributed by atoms with van der Waals surface area (Å²) in [6.45, 7) is 0. The summed E-state index contributed by atoms with van der Waals surface area (Å²) in [5.41, 5.74) is 13.4. The monoisotopic (exact) mass is 628 g/mol. The molecule has 0 saturated carbocycles. The van der Waals surface area contributed by atoms with Crippen molar-refractivity contribution in [1.82, 2.24) is 0 Å². The minimum atomic E-state index is 0.929. The lowest BCUT2D eigenvalue weighted by Crippen LogP contribution is -1.88. The minimum absolute atomic E-state index is 0.929. The molecule has 3 heteroatoms. The highest BCUT2D eigenvalue weighted by molar-refractivity contribution is 7.80. The van der Waals surface area contributed by atoms with Gasteiger partial charge in [0.05, 0.1) is 0 Å². The van der Waals surface area contributed by atoms with E-state index in [9.17, 15) is 0 Å². The maximum absolute atomic E-state index is 4.57. The second kappa shape index (κ2) is 12.8. The van der Waals surface area contributed by atoms with Gasteiger partial charge in [0.15, 0.2) is 0 Å². The molecule has 0 fully saturated rings. The van der Waals surface area contributed by atoms with Crippen LogP contribution < -0.4 is 0 Å². The van der Waals surface area contributed by atoms with Gasteiger partial charge >= 0.3 is 0 Å². The Morgan fingerprint density at radius 2 is 0.644 bits per heavy atom. The van der Waals surface area contributed by atoms with Crippen LogP contribution >= 0.6 is 37.9 Å². The summed E-state index contributed by atoms with van der Waals surface area (Å²) in [4.78, 5) is 2.82. The topological polar surface area (TPSA) is 0 Å². The van der Waals surface area contributed by atoms with Crippen molar-refractivity contribution in [2.24, 2.45) is 0 Å². The predicted molar refractivity (Wildman–Crippen MR) is 198 cm³/mol. The third-order valence-electron chi connectivity index (χ3n) is 7.91. The smallest absolute Gasteiger partial charge is 0.0328 e. The lowest BCUT2D eigenvalue weighted by molar-refractivity contribution is 1.46. The van der Waals surface area contributed by atoms with Crippen LogP contribution in [-0.2, 0) is 0 Å². The summed E-state index contributed by atoms with van der Waals surface area (Å²) in [6, 6.07) is 59.8. The highest BCUT2D eigenvalue weighted by Gasteiger charge is 2.11. The zero-order valence-corrected chi connectivity index (χ0v) is 27.0. The fourth-order valence-electron chi connectivity index (χ4n) is 5.68. The quantitative estimate of drug-likeness (QED) is 0.150. The number of thiol groups is 3. The van der Waals surface area contributed by atoms with E-state index in [1.807, 2.05) is 42.5 Å². The van der Waals surface area contributed by atoms with Crippen molar-refractivity contribution < 1.29 is 0 Å². The molecule has 214 valence electrons. The van der Waals surface area contributed by atoms with Crippen LogP contribution in [0.3, 0.4) is 0 Å². The Kier molecular flexibility index (Phi) is 8.29. The van der Waals surface area contributed by atoms with Gasteiger partial charge < -0.3 is 0 Å². The molecule has 0 radical (unpaired) electrons. The average Bonchev–Trinajstić information content (AvgIpc) is 3.08. The van der Waals surface area contributed by atoms with Crippen molar-refractivity contribution >= 4 is 37.9 Å². The van der Waals surface area contributed by atoms with Gasteiger partial charge in [0.1, 0.15) is 0 Å². The number of benzene rings is 6. The molecule has 0 heterocycles. The maximum atomic E-state index is 4.57. The molecule has 0 nitrogen and oxygen atoms in total. The van der Waals surface area contributed by atoms with E-state index in [1.54, 1.807) is 0 Å². The summed E-state index contributed by atoms with van der Waals surface area (Å²) in [5, 5.41) is 0. The Labute approximate surface area is 281 Å². The molecule has 0 atom stereocenters. The van der Waals surface area contributed by atoms with Crippen molar-refractivity contribution in [3.63, 3.8) is 0 Å². The first-order valence-corrected chi connectivity index (χ1v) is 16.0. The first-order chi connectivity index (χ1) is 22.0. The van der Waals surface area contributed by atoms with E-state index < -0.39 is 0 Å². The molecule has 0 unspecified atom stereocenters. The van der Waals surface area contributed by atoms with Gasteiger partial charge in [0.25, 0.3) is 0 Å². The third kappa shape index (κ3) is 6.60. The molecule has 0 spiro atoms. The molecular formula is C42H28S3. The summed E-state index contributed by atoms with van der Waals surface area (Å²) >= 11 is 13.7. The normalized spacial score (nSPS) is 10.8. The van der Waals surface area contributed by atoms with Crippen LogP contribution in [0.1, 0.15) is 0 Å². The number of rotatable bonds is 6. The molecule has 0 bridgehead atoms. The molecule has 0 saturated heterocycles. The summed E-state index contributed by atoms with van der Waals surface area (Å²) in [5.74, 6) is 0. The first kappa shape index (κ1) is 29.1. The molecule has 0 aliphatic heterocycles. The number of hydrogen-bond acceptors (Lipinski definition) is 3. The van der Waals surface area contributed by atoms with Crippen LogP contribution in [0.5, 0.6) is 0 Å². The first-order valence-electron chi connectivity index (χ1n) is 14.7. The van der Waals surface area contributed by atoms with Crippen LogP contribution in [0, 0.1) is 12.1 Å². The fourth-order valence-corrected chi connectivity index (χ4v) is 6.35. The van der Waals surface area contributed by atoms with Gasteiger partial charge in [-0.25, -0.2) is 0 Å². The van der Waals surface area contributed by atoms with Gasteiger partial charge in [-0.2, -0.15) is 0 Å². The molecule has 0 aliphatic carbocycles. The van der Waals surface area contributed by atoms with Gasteiger partial charge in [-0.15, -0.1) is 37.9 Å². The van der Waals surface area contributed by atoms with E-state index in [1.165, 1.54) is 0 Å². The Bertz CT molecular complexity index is 1900. The van der Waals surface area contributed by atoms with Crippen LogP contribution in [0.25, 0.3) is 66.8 Å².